The number of halogens is 2. The summed E-state index contributed by atoms with van der Waals surface area (Å²) < 4.78 is 33.8. The van der Waals surface area contributed by atoms with Crippen molar-refractivity contribution in [3.63, 3.8) is 0 Å². The van der Waals surface area contributed by atoms with Gasteiger partial charge in [-0.2, -0.15) is 9.37 Å². The number of imidazole rings is 1. The predicted molar refractivity (Wildman–Crippen MR) is 105 cm³/mol. The van der Waals surface area contributed by atoms with Gasteiger partial charge in [0.1, 0.15) is 23.3 Å². The fourth-order valence-corrected chi connectivity index (χ4v) is 3.54. The van der Waals surface area contributed by atoms with E-state index in [9.17, 15) is 13.6 Å². The fraction of sp³-hybridized carbons (Fsp3) is 0.190. The number of likely N-dealkylation sites (tertiary alicyclic amines) is 1. The lowest BCUT2D eigenvalue weighted by Gasteiger charge is -2.38. The van der Waals surface area contributed by atoms with Gasteiger partial charge in [-0.05, 0) is 30.3 Å². The van der Waals surface area contributed by atoms with Gasteiger partial charge in [0, 0.05) is 43.2 Å². The van der Waals surface area contributed by atoms with Crippen LogP contribution in [-0.2, 0) is 6.54 Å². The van der Waals surface area contributed by atoms with Crippen LogP contribution in [0.3, 0.4) is 0 Å². The average Bonchev–Trinajstić information content (AvgIpc) is 3.11. The zero-order chi connectivity index (χ0) is 20.7. The quantitative estimate of drug-likeness (QED) is 0.513. The molecule has 4 heterocycles. The Hall–Kier alpha value is -3.59. The lowest BCUT2D eigenvalue weighted by molar-refractivity contribution is 0.0106. The fourth-order valence-electron chi connectivity index (χ4n) is 3.54. The van der Waals surface area contributed by atoms with Gasteiger partial charge in [-0.3, -0.25) is 14.1 Å². The molecule has 1 fully saturated rings. The number of benzene rings is 1. The minimum Gasteiger partial charge on any atom is -0.472 e. The largest absolute Gasteiger partial charge is 0.472 e. The zero-order valence-corrected chi connectivity index (χ0v) is 15.8. The van der Waals surface area contributed by atoms with Crippen molar-refractivity contribution >= 4 is 5.52 Å². The van der Waals surface area contributed by atoms with Crippen LogP contribution in [0.25, 0.3) is 16.9 Å². The molecule has 1 N–H and O–H groups in total. The molecule has 0 bridgehead atoms. The van der Waals surface area contributed by atoms with Gasteiger partial charge in [-0.15, -0.1) is 0 Å². The van der Waals surface area contributed by atoms with Crippen molar-refractivity contribution < 1.29 is 13.5 Å². The van der Waals surface area contributed by atoms with E-state index in [2.05, 4.69) is 19.9 Å². The summed E-state index contributed by atoms with van der Waals surface area (Å²) in [5.41, 5.74) is 1.61. The molecular formula is C21H17F2N5O2. The number of hydrogen-bond donors (Lipinski definition) is 1. The normalized spacial score (nSPS) is 14.7. The summed E-state index contributed by atoms with van der Waals surface area (Å²) in [5.74, 6) is -0.0795. The molecular weight excluding hydrogens is 392 g/mol. The Morgan fingerprint density at radius 2 is 1.93 bits per heavy atom. The van der Waals surface area contributed by atoms with Gasteiger partial charge in [-0.1, -0.05) is 6.07 Å². The Bertz CT molecular complexity index is 1260. The summed E-state index contributed by atoms with van der Waals surface area (Å²) in [6, 6.07) is 10.4. The first-order valence-electron chi connectivity index (χ1n) is 9.42. The van der Waals surface area contributed by atoms with E-state index in [4.69, 9.17) is 4.74 Å². The Morgan fingerprint density at radius 3 is 2.70 bits per heavy atom. The highest BCUT2D eigenvalue weighted by Crippen LogP contribution is 2.21. The highest BCUT2D eigenvalue weighted by Gasteiger charge is 2.29. The van der Waals surface area contributed by atoms with Gasteiger partial charge >= 0.3 is 0 Å². The number of nitrogens with zero attached hydrogens (tertiary/aromatic N) is 4. The van der Waals surface area contributed by atoms with E-state index in [0.29, 0.717) is 36.5 Å². The van der Waals surface area contributed by atoms with E-state index < -0.39 is 5.95 Å². The molecule has 152 valence electrons. The van der Waals surface area contributed by atoms with E-state index in [1.807, 2.05) is 6.20 Å². The van der Waals surface area contributed by atoms with Crippen molar-refractivity contribution in [2.45, 2.75) is 12.6 Å². The van der Waals surface area contributed by atoms with Crippen molar-refractivity contribution in [2.24, 2.45) is 0 Å². The van der Waals surface area contributed by atoms with Crippen LogP contribution in [0.15, 0.2) is 59.7 Å². The second-order valence-corrected chi connectivity index (χ2v) is 7.18. The maximum absolute atomic E-state index is 13.2. The van der Waals surface area contributed by atoms with E-state index in [-0.39, 0.29) is 23.4 Å². The van der Waals surface area contributed by atoms with Gasteiger partial charge in [0.15, 0.2) is 0 Å². The second-order valence-electron chi connectivity index (χ2n) is 7.18. The molecule has 7 nitrogen and oxygen atoms in total. The van der Waals surface area contributed by atoms with Gasteiger partial charge < -0.3 is 9.72 Å². The van der Waals surface area contributed by atoms with Crippen LogP contribution >= 0.6 is 0 Å². The van der Waals surface area contributed by atoms with Crippen LogP contribution < -0.4 is 10.3 Å². The number of nitrogens with one attached hydrogen (secondary N) is 1. The highest BCUT2D eigenvalue weighted by atomic mass is 19.1. The number of aromatic amines is 1. The topological polar surface area (TPSA) is 75.5 Å². The highest BCUT2D eigenvalue weighted by molar-refractivity contribution is 5.61. The molecule has 3 aromatic heterocycles. The summed E-state index contributed by atoms with van der Waals surface area (Å²) in [6.45, 7) is 1.78. The van der Waals surface area contributed by atoms with Crippen LogP contribution in [0.4, 0.5) is 8.78 Å². The molecule has 1 aliphatic rings. The van der Waals surface area contributed by atoms with Crippen molar-refractivity contribution in [2.75, 3.05) is 13.1 Å². The Balaban J connectivity index is 1.31. The van der Waals surface area contributed by atoms with E-state index in [1.165, 1.54) is 24.4 Å². The third kappa shape index (κ3) is 3.55. The first-order valence-corrected chi connectivity index (χ1v) is 9.42. The molecule has 0 atom stereocenters. The molecule has 1 saturated heterocycles. The average molecular weight is 409 g/mol. The molecule has 1 aromatic carbocycles. The minimum absolute atomic E-state index is 0.0854. The molecule has 0 radical (unpaired) electrons. The number of ether oxygens (including phenoxy) is 1. The van der Waals surface area contributed by atoms with Crippen molar-refractivity contribution in [1.29, 1.82) is 0 Å². The van der Waals surface area contributed by atoms with Crippen molar-refractivity contribution in [1.82, 2.24) is 24.3 Å². The first kappa shape index (κ1) is 18.4. The molecule has 0 unspecified atom stereocenters. The van der Waals surface area contributed by atoms with E-state index >= 15 is 0 Å². The number of pyridine rings is 1. The minimum atomic E-state index is -0.577. The summed E-state index contributed by atoms with van der Waals surface area (Å²) in [4.78, 5) is 25.5. The van der Waals surface area contributed by atoms with Gasteiger partial charge in [-0.25, -0.2) is 9.37 Å². The lowest BCUT2D eigenvalue weighted by atomic mass is 10.1. The van der Waals surface area contributed by atoms with Crippen LogP contribution in [-0.4, -0.2) is 43.4 Å². The van der Waals surface area contributed by atoms with Crippen molar-refractivity contribution in [3.05, 3.63) is 82.7 Å². The number of aromatic nitrogens is 4. The molecule has 9 heteroatoms. The summed E-state index contributed by atoms with van der Waals surface area (Å²) >= 11 is 0. The Labute approximate surface area is 169 Å². The molecule has 0 aliphatic carbocycles. The number of hydrogen-bond acceptors (Lipinski definition) is 5. The van der Waals surface area contributed by atoms with Crippen LogP contribution in [0.1, 0.15) is 5.69 Å². The summed E-state index contributed by atoms with van der Waals surface area (Å²) in [7, 11) is 0. The summed E-state index contributed by atoms with van der Waals surface area (Å²) in [5, 5.41) is 0. The van der Waals surface area contributed by atoms with Crippen LogP contribution in [0, 0.1) is 11.8 Å². The smallest absolute Gasteiger partial charge is 0.274 e. The maximum Gasteiger partial charge on any atom is 0.274 e. The molecule has 0 amide bonds. The standard InChI is InChI=1S/C21H17F2N5O2/c22-14-6-4-13(5-7-14)20-24-8-17-21(29)25-15(10-28(17)20)9-27-11-16(12-27)30-19-3-1-2-18(23)26-19/h1-8,10,16H,9,11-12H2,(H,25,29). The Morgan fingerprint density at radius 1 is 1.13 bits per heavy atom. The van der Waals surface area contributed by atoms with Gasteiger partial charge in [0.25, 0.3) is 5.56 Å². The van der Waals surface area contributed by atoms with Gasteiger partial charge in [0.05, 0.1) is 6.20 Å². The number of H-pyrrole nitrogens is 1. The molecule has 30 heavy (non-hydrogen) atoms. The van der Waals surface area contributed by atoms with Crippen LogP contribution in [0.5, 0.6) is 5.88 Å². The van der Waals surface area contributed by atoms with Crippen molar-refractivity contribution in [3.8, 4) is 17.3 Å². The molecule has 1 aliphatic heterocycles. The summed E-state index contributed by atoms with van der Waals surface area (Å²) in [6.07, 6.45) is 3.24. The molecule has 0 spiro atoms. The van der Waals surface area contributed by atoms with Gasteiger partial charge in [0.2, 0.25) is 11.8 Å². The lowest BCUT2D eigenvalue weighted by Crippen LogP contribution is -2.53. The molecule has 0 saturated carbocycles. The maximum atomic E-state index is 13.2. The molecule has 4 aromatic rings. The Kier molecular flexibility index (Phi) is 4.51. The first-order chi connectivity index (χ1) is 14.5. The van der Waals surface area contributed by atoms with E-state index in [0.717, 1.165) is 5.69 Å². The van der Waals surface area contributed by atoms with E-state index in [1.54, 1.807) is 28.7 Å². The SMILES string of the molecule is O=c1[nH]c(CN2CC(Oc3cccc(F)n3)C2)cn2c(-c3ccc(F)cc3)ncc12. The third-order valence-electron chi connectivity index (χ3n) is 4.99. The van der Waals surface area contributed by atoms with Crippen LogP contribution in [0.2, 0.25) is 0 Å². The second kappa shape index (κ2) is 7.34. The number of rotatable bonds is 5. The monoisotopic (exact) mass is 409 g/mol. The predicted octanol–water partition coefficient (Wildman–Crippen LogP) is 2.63. The zero-order valence-electron chi connectivity index (χ0n) is 15.8. The molecule has 5 rings (SSSR count). The third-order valence-corrected chi connectivity index (χ3v) is 4.99. The number of fused-ring (bicyclic) bond motifs is 1.